The summed E-state index contributed by atoms with van der Waals surface area (Å²) in [5.74, 6) is 1.08. The van der Waals surface area contributed by atoms with Gasteiger partial charge in [-0.1, -0.05) is 19.8 Å². The highest BCUT2D eigenvalue weighted by Crippen LogP contribution is 2.22. The summed E-state index contributed by atoms with van der Waals surface area (Å²) in [5, 5.41) is 8.83. The molecule has 0 saturated carbocycles. The third kappa shape index (κ3) is 3.39. The molecule has 74 valence electrons. The molecular weight excluding hydrogens is 192 g/mol. The van der Waals surface area contributed by atoms with Gasteiger partial charge in [-0.15, -0.1) is 11.8 Å². The second kappa shape index (κ2) is 6.44. The van der Waals surface area contributed by atoms with Gasteiger partial charge in [-0.2, -0.15) is 5.26 Å². The van der Waals surface area contributed by atoms with Crippen molar-refractivity contribution in [3.63, 3.8) is 0 Å². The van der Waals surface area contributed by atoms with Gasteiger partial charge in [0.25, 0.3) is 0 Å². The fraction of sp³-hybridized carbons (Fsp3) is 0.455. The fourth-order valence-corrected chi connectivity index (χ4v) is 2.09. The topological polar surface area (TPSA) is 36.7 Å². The monoisotopic (exact) mass is 206 g/mol. The predicted molar refractivity (Wildman–Crippen MR) is 59.2 cm³/mol. The lowest BCUT2D eigenvalue weighted by Crippen LogP contribution is -1.85. The molecule has 1 heterocycles. The third-order valence-electron chi connectivity index (χ3n) is 1.91. The van der Waals surface area contributed by atoms with Gasteiger partial charge in [0, 0.05) is 17.3 Å². The first-order chi connectivity index (χ1) is 6.88. The normalized spacial score (nSPS) is 9.71. The number of nitrogens with zero attached hydrogens (tertiary/aromatic N) is 2. The van der Waals surface area contributed by atoms with Crippen LogP contribution in [0.2, 0.25) is 0 Å². The van der Waals surface area contributed by atoms with E-state index in [1.165, 1.54) is 19.3 Å². The first-order valence-corrected chi connectivity index (χ1v) is 5.84. The Labute approximate surface area is 89.4 Å². The van der Waals surface area contributed by atoms with Crippen molar-refractivity contribution in [2.75, 3.05) is 5.75 Å². The summed E-state index contributed by atoms with van der Waals surface area (Å²) in [5.41, 5.74) is 0.737. The zero-order chi connectivity index (χ0) is 10.2. The van der Waals surface area contributed by atoms with E-state index >= 15 is 0 Å². The fourth-order valence-electron chi connectivity index (χ4n) is 1.12. The highest BCUT2D eigenvalue weighted by molar-refractivity contribution is 7.99. The van der Waals surface area contributed by atoms with Crippen LogP contribution in [-0.4, -0.2) is 10.7 Å². The van der Waals surface area contributed by atoms with E-state index in [-0.39, 0.29) is 0 Å². The van der Waals surface area contributed by atoms with E-state index in [9.17, 15) is 0 Å². The number of pyridine rings is 1. The Kier molecular flexibility index (Phi) is 5.09. The van der Waals surface area contributed by atoms with Crippen LogP contribution in [0.4, 0.5) is 0 Å². The molecule has 3 heteroatoms. The number of thioether (sulfide) groups is 1. The Morgan fingerprint density at radius 1 is 1.50 bits per heavy atom. The Bertz CT molecular complexity index is 317. The molecule has 0 bridgehead atoms. The van der Waals surface area contributed by atoms with Crippen molar-refractivity contribution in [1.29, 1.82) is 5.26 Å². The Morgan fingerprint density at radius 2 is 2.36 bits per heavy atom. The van der Waals surface area contributed by atoms with Gasteiger partial charge in [0.15, 0.2) is 0 Å². The van der Waals surface area contributed by atoms with E-state index in [1.807, 2.05) is 0 Å². The van der Waals surface area contributed by atoms with E-state index in [0.717, 1.165) is 16.2 Å². The first kappa shape index (κ1) is 11.1. The Morgan fingerprint density at radius 3 is 3.07 bits per heavy atom. The molecule has 0 aliphatic rings. The van der Waals surface area contributed by atoms with Crippen molar-refractivity contribution in [3.8, 4) is 6.07 Å². The van der Waals surface area contributed by atoms with Crippen molar-refractivity contribution in [3.05, 3.63) is 24.0 Å². The summed E-state index contributed by atoms with van der Waals surface area (Å²) in [6.45, 7) is 2.19. The van der Waals surface area contributed by atoms with E-state index in [0.29, 0.717) is 0 Å². The highest BCUT2D eigenvalue weighted by atomic mass is 32.2. The minimum Gasteiger partial charge on any atom is -0.263 e. The van der Waals surface area contributed by atoms with Crippen LogP contribution in [0, 0.1) is 11.3 Å². The molecule has 14 heavy (non-hydrogen) atoms. The lowest BCUT2D eigenvalue weighted by atomic mass is 10.3. The van der Waals surface area contributed by atoms with Crippen molar-refractivity contribution in [2.45, 2.75) is 31.1 Å². The molecule has 1 aromatic rings. The van der Waals surface area contributed by atoms with Crippen LogP contribution in [0.3, 0.4) is 0 Å². The van der Waals surface area contributed by atoms with Crippen LogP contribution >= 0.6 is 11.8 Å². The molecule has 0 atom stereocenters. The number of nitriles is 1. The van der Waals surface area contributed by atoms with Crippen LogP contribution in [0.15, 0.2) is 23.4 Å². The minimum atomic E-state index is 0.737. The van der Waals surface area contributed by atoms with E-state index in [1.54, 1.807) is 30.2 Å². The molecular formula is C11H14N2S. The van der Waals surface area contributed by atoms with Crippen LogP contribution in [0.5, 0.6) is 0 Å². The molecule has 0 amide bonds. The molecule has 0 aliphatic heterocycles. The maximum atomic E-state index is 8.83. The molecule has 0 saturated heterocycles. The Balaban J connectivity index is 2.46. The molecule has 1 aromatic heterocycles. The van der Waals surface area contributed by atoms with Gasteiger partial charge in [-0.3, -0.25) is 4.98 Å². The van der Waals surface area contributed by atoms with Gasteiger partial charge in [0.1, 0.15) is 6.07 Å². The van der Waals surface area contributed by atoms with Crippen LogP contribution in [0.25, 0.3) is 0 Å². The summed E-state index contributed by atoms with van der Waals surface area (Å²) in [6.07, 6.45) is 7.14. The SMILES string of the molecule is CCCCCSc1cnccc1C#N. The predicted octanol–water partition coefficient (Wildman–Crippen LogP) is 3.24. The van der Waals surface area contributed by atoms with Gasteiger partial charge >= 0.3 is 0 Å². The van der Waals surface area contributed by atoms with E-state index in [2.05, 4.69) is 18.0 Å². The smallest absolute Gasteiger partial charge is 0.100 e. The molecule has 0 aliphatic carbocycles. The minimum absolute atomic E-state index is 0.737. The zero-order valence-corrected chi connectivity index (χ0v) is 9.18. The maximum absolute atomic E-state index is 8.83. The van der Waals surface area contributed by atoms with Gasteiger partial charge in [0.2, 0.25) is 0 Å². The van der Waals surface area contributed by atoms with Crippen molar-refractivity contribution < 1.29 is 0 Å². The summed E-state index contributed by atoms with van der Waals surface area (Å²) < 4.78 is 0. The van der Waals surface area contributed by atoms with Crippen LogP contribution in [-0.2, 0) is 0 Å². The molecule has 0 fully saturated rings. The number of aromatic nitrogens is 1. The van der Waals surface area contributed by atoms with Gasteiger partial charge in [-0.25, -0.2) is 0 Å². The molecule has 0 N–H and O–H groups in total. The molecule has 0 aromatic carbocycles. The first-order valence-electron chi connectivity index (χ1n) is 4.85. The van der Waals surface area contributed by atoms with E-state index < -0.39 is 0 Å². The van der Waals surface area contributed by atoms with Crippen molar-refractivity contribution in [2.24, 2.45) is 0 Å². The summed E-state index contributed by atoms with van der Waals surface area (Å²) in [7, 11) is 0. The average Bonchev–Trinajstić information content (AvgIpc) is 2.25. The Hall–Kier alpha value is -1.01. The largest absolute Gasteiger partial charge is 0.263 e. The third-order valence-corrected chi connectivity index (χ3v) is 3.04. The standard InChI is InChI=1S/C11H14N2S/c1-2-3-4-7-14-11-9-13-6-5-10(11)8-12/h5-6,9H,2-4,7H2,1H3. The maximum Gasteiger partial charge on any atom is 0.100 e. The second-order valence-corrected chi connectivity index (χ2v) is 4.18. The highest BCUT2D eigenvalue weighted by Gasteiger charge is 2.00. The summed E-state index contributed by atoms with van der Waals surface area (Å²) in [4.78, 5) is 5.03. The zero-order valence-electron chi connectivity index (χ0n) is 8.36. The molecule has 1 rings (SSSR count). The van der Waals surface area contributed by atoms with E-state index in [4.69, 9.17) is 5.26 Å². The summed E-state index contributed by atoms with van der Waals surface area (Å²) >= 11 is 1.73. The summed E-state index contributed by atoms with van der Waals surface area (Å²) in [6, 6.07) is 3.94. The number of unbranched alkanes of at least 4 members (excludes halogenated alkanes) is 2. The lowest BCUT2D eigenvalue weighted by molar-refractivity contribution is 0.778. The average molecular weight is 206 g/mol. The number of rotatable bonds is 5. The molecule has 0 spiro atoms. The lowest BCUT2D eigenvalue weighted by Gasteiger charge is -2.01. The number of hydrogen-bond donors (Lipinski definition) is 0. The van der Waals surface area contributed by atoms with Crippen LogP contribution < -0.4 is 0 Å². The molecule has 0 unspecified atom stereocenters. The van der Waals surface area contributed by atoms with Crippen molar-refractivity contribution in [1.82, 2.24) is 4.98 Å². The molecule has 0 radical (unpaired) electrons. The van der Waals surface area contributed by atoms with Crippen LogP contribution in [0.1, 0.15) is 31.7 Å². The van der Waals surface area contributed by atoms with Gasteiger partial charge in [0.05, 0.1) is 5.56 Å². The van der Waals surface area contributed by atoms with Gasteiger partial charge < -0.3 is 0 Å². The van der Waals surface area contributed by atoms with Crippen molar-refractivity contribution >= 4 is 11.8 Å². The quantitative estimate of drug-likeness (QED) is 0.548. The molecule has 2 nitrogen and oxygen atoms in total. The van der Waals surface area contributed by atoms with Gasteiger partial charge in [-0.05, 0) is 18.2 Å². The second-order valence-electron chi connectivity index (χ2n) is 3.04. The number of hydrogen-bond acceptors (Lipinski definition) is 3.